The molecule has 0 atom stereocenters. The average molecular weight is 399 g/mol. The van der Waals surface area contributed by atoms with E-state index in [0.29, 0.717) is 0 Å². The summed E-state index contributed by atoms with van der Waals surface area (Å²) in [6, 6.07) is 9.41. The van der Waals surface area contributed by atoms with Crippen molar-refractivity contribution in [2.24, 2.45) is 0 Å². The summed E-state index contributed by atoms with van der Waals surface area (Å²) in [5, 5.41) is 20.0. The molecule has 26 heavy (non-hydrogen) atoms. The Kier molecular flexibility index (Phi) is 8.17. The molecule has 3 rings (SSSR count). The number of anilines is 2. The highest BCUT2D eigenvalue weighted by Crippen LogP contribution is 2.23. The molecule has 0 bridgehead atoms. The van der Waals surface area contributed by atoms with Gasteiger partial charge in [0.25, 0.3) is 11.9 Å². The number of carbonyl (C=O) groups is 1. The Morgan fingerprint density at radius 1 is 1.23 bits per heavy atom. The van der Waals surface area contributed by atoms with E-state index < -0.39 is 5.91 Å². The van der Waals surface area contributed by atoms with Gasteiger partial charge < -0.3 is 10.2 Å². The monoisotopic (exact) mass is 398 g/mol. The first-order valence-corrected chi connectivity index (χ1v) is 7.46. The molecule has 0 saturated heterocycles. The number of hydrogen-bond acceptors (Lipinski definition) is 7. The summed E-state index contributed by atoms with van der Waals surface area (Å²) in [5.74, 6) is -0.283. The Bertz CT molecular complexity index is 841. The van der Waals surface area contributed by atoms with Crippen molar-refractivity contribution in [2.45, 2.75) is 0 Å². The van der Waals surface area contributed by atoms with Crippen LogP contribution in [-0.2, 0) is 0 Å². The van der Waals surface area contributed by atoms with Crippen LogP contribution in [0.5, 0.6) is 0 Å². The molecule has 0 aliphatic carbocycles. The normalized spacial score (nSPS) is 10.1. The van der Waals surface area contributed by atoms with Gasteiger partial charge >= 0.3 is 0 Å². The molecule has 2 aromatic heterocycles. The van der Waals surface area contributed by atoms with Crippen LogP contribution in [0.15, 0.2) is 30.3 Å². The van der Waals surface area contributed by atoms with Crippen LogP contribution in [0, 0.1) is 0 Å². The van der Waals surface area contributed by atoms with Crippen molar-refractivity contribution in [2.75, 3.05) is 37.8 Å². The first-order chi connectivity index (χ1) is 11.6. The topological polar surface area (TPSA) is 112 Å². The first-order valence-electron chi connectivity index (χ1n) is 7.46. The van der Waals surface area contributed by atoms with E-state index in [0.717, 1.165) is 29.7 Å². The predicted octanol–water partition coefficient (Wildman–Crippen LogP) is 1.82. The maximum Gasteiger partial charge on any atom is 0.276 e. The number of pyridine rings is 1. The van der Waals surface area contributed by atoms with Crippen LogP contribution >= 0.6 is 24.8 Å². The maximum atomic E-state index is 12.4. The first kappa shape index (κ1) is 21.6. The van der Waals surface area contributed by atoms with Gasteiger partial charge in [-0.25, -0.2) is 4.98 Å². The lowest BCUT2D eigenvalue weighted by atomic mass is 10.1. The average Bonchev–Trinajstić information content (AvgIpc) is 3.07. The number of nitrogens with zero attached hydrogens (tertiary/aromatic N) is 5. The molecule has 1 amide bonds. The minimum atomic E-state index is -0.391. The lowest BCUT2D eigenvalue weighted by Crippen LogP contribution is -2.21. The smallest absolute Gasteiger partial charge is 0.276 e. The number of para-hydroxylation sites is 1. The molecular weight excluding hydrogens is 379 g/mol. The number of H-pyrrole nitrogens is 1. The lowest BCUT2D eigenvalue weighted by Gasteiger charge is -2.14. The predicted molar refractivity (Wildman–Crippen MR) is 105 cm³/mol. The van der Waals surface area contributed by atoms with Gasteiger partial charge in [-0.2, -0.15) is 5.21 Å². The van der Waals surface area contributed by atoms with Gasteiger partial charge in [-0.05, 0) is 31.4 Å². The summed E-state index contributed by atoms with van der Waals surface area (Å²) < 4.78 is 0. The molecule has 0 unspecified atom stereocenters. The number of halogens is 2. The maximum absolute atomic E-state index is 12.4. The Balaban J connectivity index is 0.00000169. The van der Waals surface area contributed by atoms with E-state index >= 15 is 0 Å². The third-order valence-electron chi connectivity index (χ3n) is 3.39. The summed E-state index contributed by atoms with van der Waals surface area (Å²) in [4.78, 5) is 18.9. The zero-order valence-corrected chi connectivity index (χ0v) is 15.9. The molecule has 0 aliphatic rings. The van der Waals surface area contributed by atoms with Crippen molar-refractivity contribution >= 4 is 53.3 Å². The van der Waals surface area contributed by atoms with Crippen molar-refractivity contribution in [3.05, 3.63) is 36.0 Å². The van der Waals surface area contributed by atoms with Crippen LogP contribution in [0.4, 0.5) is 11.6 Å². The van der Waals surface area contributed by atoms with Crippen LogP contribution < -0.4 is 10.6 Å². The van der Waals surface area contributed by atoms with Crippen LogP contribution in [0.2, 0.25) is 0 Å². The van der Waals surface area contributed by atoms with Crippen molar-refractivity contribution in [3.8, 4) is 0 Å². The minimum absolute atomic E-state index is 0. The number of tetrazole rings is 1. The molecule has 3 N–H and O–H groups in total. The number of carbonyl (C=O) groups excluding carboxylic acids is 1. The molecule has 0 saturated carbocycles. The van der Waals surface area contributed by atoms with Crippen molar-refractivity contribution in [3.63, 3.8) is 0 Å². The third-order valence-corrected chi connectivity index (χ3v) is 3.39. The van der Waals surface area contributed by atoms with Crippen LogP contribution in [0.1, 0.15) is 10.5 Å². The van der Waals surface area contributed by atoms with Crippen molar-refractivity contribution in [1.82, 2.24) is 30.5 Å². The van der Waals surface area contributed by atoms with Crippen molar-refractivity contribution in [1.29, 1.82) is 0 Å². The second-order valence-electron chi connectivity index (χ2n) is 5.49. The number of benzene rings is 1. The van der Waals surface area contributed by atoms with Gasteiger partial charge in [-0.3, -0.25) is 10.1 Å². The van der Waals surface area contributed by atoms with E-state index in [2.05, 4.69) is 41.1 Å². The summed E-state index contributed by atoms with van der Waals surface area (Å²) in [6.07, 6.45) is 0. The van der Waals surface area contributed by atoms with Gasteiger partial charge in [0.05, 0.1) is 5.52 Å². The van der Waals surface area contributed by atoms with Crippen molar-refractivity contribution < 1.29 is 4.79 Å². The number of fused-ring (bicyclic) bond motifs is 1. The number of aromatic amines is 1. The molecule has 9 nitrogen and oxygen atoms in total. The molecule has 140 valence electrons. The van der Waals surface area contributed by atoms with E-state index in [1.54, 1.807) is 6.07 Å². The van der Waals surface area contributed by atoms with E-state index in [4.69, 9.17) is 0 Å². The largest absolute Gasteiger partial charge is 0.383 e. The summed E-state index contributed by atoms with van der Waals surface area (Å²) in [7, 11) is 4.02. The molecule has 1 aromatic carbocycles. The van der Waals surface area contributed by atoms with E-state index in [1.807, 2.05) is 38.4 Å². The second-order valence-corrected chi connectivity index (χ2v) is 5.49. The summed E-state index contributed by atoms with van der Waals surface area (Å²) in [5.41, 5.74) is 1.89. The van der Waals surface area contributed by atoms with Crippen LogP contribution in [-0.4, -0.2) is 63.6 Å². The molecule has 11 heteroatoms. The minimum Gasteiger partial charge on any atom is -0.383 e. The van der Waals surface area contributed by atoms with Gasteiger partial charge in [0, 0.05) is 24.2 Å². The lowest BCUT2D eigenvalue weighted by molar-refractivity contribution is 0.102. The van der Waals surface area contributed by atoms with E-state index in [1.165, 1.54) is 0 Å². The third kappa shape index (κ3) is 5.25. The highest BCUT2D eigenvalue weighted by Gasteiger charge is 2.13. The number of hydrogen-bond donors (Lipinski definition) is 3. The Morgan fingerprint density at radius 3 is 2.69 bits per heavy atom. The van der Waals surface area contributed by atoms with Gasteiger partial charge in [0.1, 0.15) is 5.69 Å². The molecular formula is C15H20Cl2N8O. The number of likely N-dealkylation sites (N-methyl/N-ethyl adjacent to an activating group) is 1. The Labute approximate surface area is 162 Å². The molecule has 0 fully saturated rings. The fourth-order valence-corrected chi connectivity index (χ4v) is 2.23. The van der Waals surface area contributed by atoms with Gasteiger partial charge in [0.15, 0.2) is 0 Å². The quantitative estimate of drug-likeness (QED) is 0.580. The second kappa shape index (κ2) is 9.85. The molecule has 3 aromatic rings. The van der Waals surface area contributed by atoms with Crippen LogP contribution in [0.25, 0.3) is 10.9 Å². The highest BCUT2D eigenvalue weighted by atomic mass is 35.5. The Morgan fingerprint density at radius 2 is 2.00 bits per heavy atom. The van der Waals surface area contributed by atoms with Crippen LogP contribution in [0.3, 0.4) is 0 Å². The molecule has 0 radical (unpaired) electrons. The summed E-state index contributed by atoms with van der Waals surface area (Å²) >= 11 is 0. The zero-order chi connectivity index (χ0) is 16.9. The number of amides is 1. The summed E-state index contributed by atoms with van der Waals surface area (Å²) in [6.45, 7) is 1.63. The van der Waals surface area contributed by atoms with Gasteiger partial charge in [0.2, 0.25) is 0 Å². The van der Waals surface area contributed by atoms with E-state index in [9.17, 15) is 4.79 Å². The van der Waals surface area contributed by atoms with Gasteiger partial charge in [-0.1, -0.05) is 23.3 Å². The zero-order valence-electron chi connectivity index (χ0n) is 14.3. The fourth-order valence-electron chi connectivity index (χ4n) is 2.23. The highest BCUT2D eigenvalue weighted by molar-refractivity contribution is 6.05. The Hall–Kier alpha value is -2.49. The van der Waals surface area contributed by atoms with Gasteiger partial charge in [-0.15, -0.1) is 29.9 Å². The fraction of sp³-hybridized carbons (Fsp3) is 0.267. The standard InChI is InChI=1S/C15H18N8O.2ClH/c1-23(2)8-7-16-12-9-13(14(24)18-15-19-21-22-20-15)17-11-6-4-3-5-10(11)12;;/h3-6,9H,7-8H2,1-2H3,(H,16,17)(H2,18,19,20,21,22,24);2*1H. The number of rotatable bonds is 6. The van der Waals surface area contributed by atoms with E-state index in [-0.39, 0.29) is 36.5 Å². The molecule has 2 heterocycles. The molecule has 0 spiro atoms. The number of nitrogens with one attached hydrogen (secondary N) is 3. The SMILES string of the molecule is CN(C)CCNc1cc(C(=O)Nc2nn[nH]n2)nc2ccccc12.Cl.Cl. The number of aromatic nitrogens is 5. The molecule has 0 aliphatic heterocycles.